The summed E-state index contributed by atoms with van der Waals surface area (Å²) in [6.45, 7) is 2.24. The molecule has 0 radical (unpaired) electrons. The Morgan fingerprint density at radius 1 is 0.727 bits per heavy atom. The molecule has 0 aliphatic rings. The predicted molar refractivity (Wildman–Crippen MR) is 96.2 cm³/mol. The molecule has 0 saturated heterocycles. The molecule has 0 aromatic heterocycles. The summed E-state index contributed by atoms with van der Waals surface area (Å²) in [5, 5.41) is 8.53. The minimum Gasteiger partial charge on any atom is -0.481 e. The Morgan fingerprint density at radius 3 is 1.77 bits per heavy atom. The first kappa shape index (κ1) is 20.9. The number of allylic oxidation sites excluding steroid dienone is 4. The van der Waals surface area contributed by atoms with Gasteiger partial charge >= 0.3 is 5.97 Å². The fourth-order valence-electron chi connectivity index (χ4n) is 2.44. The van der Waals surface area contributed by atoms with Gasteiger partial charge in [-0.15, -0.1) is 0 Å². The van der Waals surface area contributed by atoms with Gasteiger partial charge in [0.25, 0.3) is 0 Å². The highest BCUT2D eigenvalue weighted by atomic mass is 16.4. The second-order valence-corrected chi connectivity index (χ2v) is 6.08. The van der Waals surface area contributed by atoms with E-state index in [1.165, 1.54) is 64.2 Å². The van der Waals surface area contributed by atoms with Crippen LogP contribution >= 0.6 is 0 Å². The number of hydrogen-bond donors (Lipinski definition) is 1. The Balaban J connectivity index is 3.15. The Hall–Kier alpha value is -1.05. The average Bonchev–Trinajstić information content (AvgIpc) is 2.50. The van der Waals surface area contributed by atoms with E-state index in [-0.39, 0.29) is 0 Å². The van der Waals surface area contributed by atoms with Crippen LogP contribution in [0.4, 0.5) is 0 Å². The monoisotopic (exact) mass is 308 g/mol. The number of rotatable bonds is 16. The number of unbranched alkanes of at least 4 members (excludes halogenated alkanes) is 10. The highest BCUT2D eigenvalue weighted by Crippen LogP contribution is 2.10. The number of carbonyl (C=O) groups is 1. The summed E-state index contributed by atoms with van der Waals surface area (Å²) in [6, 6.07) is 0. The Labute approximate surface area is 137 Å². The van der Waals surface area contributed by atoms with E-state index in [1.807, 2.05) is 0 Å². The molecule has 0 unspecified atom stereocenters. The maximum absolute atomic E-state index is 10.3. The first-order valence-corrected chi connectivity index (χ1v) is 9.29. The maximum atomic E-state index is 10.3. The van der Waals surface area contributed by atoms with Gasteiger partial charge in [-0.25, -0.2) is 0 Å². The number of carboxylic acid groups (broad SMARTS) is 1. The second-order valence-electron chi connectivity index (χ2n) is 6.08. The van der Waals surface area contributed by atoms with Crippen molar-refractivity contribution in [1.82, 2.24) is 0 Å². The highest BCUT2D eigenvalue weighted by Gasteiger charge is 1.96. The molecule has 128 valence electrons. The molecule has 0 spiro atoms. The summed E-state index contributed by atoms with van der Waals surface area (Å²) in [4.78, 5) is 10.3. The molecule has 0 saturated carbocycles. The molecule has 1 N–H and O–H groups in total. The van der Waals surface area contributed by atoms with Crippen molar-refractivity contribution in [1.29, 1.82) is 0 Å². The van der Waals surface area contributed by atoms with Gasteiger partial charge in [-0.3, -0.25) is 4.79 Å². The fraction of sp³-hybridized carbons (Fsp3) is 0.750. The SMILES string of the molecule is CCCCCC=CCC=CCCCCCCCCCC(=O)O. The molecule has 0 bridgehead atoms. The van der Waals surface area contributed by atoms with Gasteiger partial charge in [0.15, 0.2) is 0 Å². The largest absolute Gasteiger partial charge is 0.481 e. The van der Waals surface area contributed by atoms with Crippen LogP contribution in [-0.4, -0.2) is 11.1 Å². The van der Waals surface area contributed by atoms with Gasteiger partial charge in [0.2, 0.25) is 0 Å². The zero-order valence-electron chi connectivity index (χ0n) is 14.6. The summed E-state index contributed by atoms with van der Waals surface area (Å²) >= 11 is 0. The number of carboxylic acids is 1. The van der Waals surface area contributed by atoms with Crippen molar-refractivity contribution in [2.75, 3.05) is 0 Å². The van der Waals surface area contributed by atoms with E-state index in [4.69, 9.17) is 5.11 Å². The molecule has 0 aromatic carbocycles. The average molecular weight is 309 g/mol. The van der Waals surface area contributed by atoms with Gasteiger partial charge in [0.05, 0.1) is 0 Å². The smallest absolute Gasteiger partial charge is 0.303 e. The third kappa shape index (κ3) is 18.9. The lowest BCUT2D eigenvalue weighted by molar-refractivity contribution is -0.137. The van der Waals surface area contributed by atoms with Crippen molar-refractivity contribution < 1.29 is 9.90 Å². The van der Waals surface area contributed by atoms with Crippen LogP contribution in [0.5, 0.6) is 0 Å². The first-order chi connectivity index (χ1) is 10.8. The summed E-state index contributed by atoms with van der Waals surface area (Å²) in [5.74, 6) is -0.664. The van der Waals surface area contributed by atoms with Crippen molar-refractivity contribution >= 4 is 5.97 Å². The minimum atomic E-state index is -0.664. The van der Waals surface area contributed by atoms with Crippen LogP contribution in [0.25, 0.3) is 0 Å². The molecule has 2 nitrogen and oxygen atoms in total. The molecular formula is C20H36O2. The lowest BCUT2D eigenvalue weighted by atomic mass is 10.1. The van der Waals surface area contributed by atoms with Crippen LogP contribution in [0.2, 0.25) is 0 Å². The first-order valence-electron chi connectivity index (χ1n) is 9.29. The quantitative estimate of drug-likeness (QED) is 0.255. The maximum Gasteiger partial charge on any atom is 0.303 e. The van der Waals surface area contributed by atoms with Crippen LogP contribution in [0.3, 0.4) is 0 Å². The topological polar surface area (TPSA) is 37.3 Å². The molecule has 0 aliphatic heterocycles. The van der Waals surface area contributed by atoms with Crippen LogP contribution in [0.1, 0.15) is 96.8 Å². The molecule has 0 fully saturated rings. The zero-order valence-corrected chi connectivity index (χ0v) is 14.6. The highest BCUT2D eigenvalue weighted by molar-refractivity contribution is 5.66. The van der Waals surface area contributed by atoms with Gasteiger partial charge < -0.3 is 5.11 Å². The van der Waals surface area contributed by atoms with Crippen LogP contribution in [0, 0.1) is 0 Å². The standard InChI is InChI=1S/C20H36O2/c1-2-3-4-5-6-7-8-9-10-11-12-13-14-15-16-17-18-19-20(21)22/h6-7,9-10H,2-5,8,11-19H2,1H3,(H,21,22). The normalized spacial score (nSPS) is 11.7. The van der Waals surface area contributed by atoms with Gasteiger partial charge in [-0.1, -0.05) is 76.2 Å². The lowest BCUT2D eigenvalue weighted by Crippen LogP contribution is -1.93. The van der Waals surface area contributed by atoms with Crippen LogP contribution < -0.4 is 0 Å². The third-order valence-electron chi connectivity index (χ3n) is 3.84. The van der Waals surface area contributed by atoms with Crippen molar-refractivity contribution in [3.05, 3.63) is 24.3 Å². The molecule has 2 heteroatoms. The zero-order chi connectivity index (χ0) is 16.3. The molecule has 0 atom stereocenters. The second kappa shape index (κ2) is 18.0. The van der Waals surface area contributed by atoms with E-state index in [0.29, 0.717) is 6.42 Å². The van der Waals surface area contributed by atoms with Gasteiger partial charge in [0.1, 0.15) is 0 Å². The molecule has 0 rings (SSSR count). The molecule has 22 heavy (non-hydrogen) atoms. The Bertz CT molecular complexity index is 292. The lowest BCUT2D eigenvalue weighted by Gasteiger charge is -2.00. The summed E-state index contributed by atoms with van der Waals surface area (Å²) < 4.78 is 0. The fourth-order valence-corrected chi connectivity index (χ4v) is 2.44. The van der Waals surface area contributed by atoms with Crippen LogP contribution in [-0.2, 0) is 4.79 Å². The van der Waals surface area contributed by atoms with Gasteiger partial charge in [-0.05, 0) is 38.5 Å². The van der Waals surface area contributed by atoms with Gasteiger partial charge in [-0.2, -0.15) is 0 Å². The summed E-state index contributed by atoms with van der Waals surface area (Å²) in [5.41, 5.74) is 0. The van der Waals surface area contributed by atoms with E-state index in [1.54, 1.807) is 0 Å². The van der Waals surface area contributed by atoms with E-state index in [2.05, 4.69) is 31.2 Å². The van der Waals surface area contributed by atoms with E-state index >= 15 is 0 Å². The molecule has 0 amide bonds. The Morgan fingerprint density at radius 2 is 1.23 bits per heavy atom. The van der Waals surface area contributed by atoms with Crippen molar-refractivity contribution in [2.24, 2.45) is 0 Å². The Kier molecular flexibility index (Phi) is 17.1. The van der Waals surface area contributed by atoms with E-state index in [9.17, 15) is 4.79 Å². The molecule has 0 heterocycles. The summed E-state index contributed by atoms with van der Waals surface area (Å²) in [7, 11) is 0. The van der Waals surface area contributed by atoms with Gasteiger partial charge in [0, 0.05) is 6.42 Å². The van der Waals surface area contributed by atoms with Crippen molar-refractivity contribution in [3.8, 4) is 0 Å². The van der Waals surface area contributed by atoms with E-state index in [0.717, 1.165) is 19.3 Å². The molecule has 0 aromatic rings. The van der Waals surface area contributed by atoms with Crippen molar-refractivity contribution in [2.45, 2.75) is 96.8 Å². The van der Waals surface area contributed by atoms with Crippen molar-refractivity contribution in [3.63, 3.8) is 0 Å². The number of hydrogen-bond acceptors (Lipinski definition) is 1. The minimum absolute atomic E-state index is 0.331. The van der Waals surface area contributed by atoms with E-state index < -0.39 is 5.97 Å². The van der Waals surface area contributed by atoms with Crippen LogP contribution in [0.15, 0.2) is 24.3 Å². The summed E-state index contributed by atoms with van der Waals surface area (Å²) in [6.07, 6.45) is 25.2. The molecular weight excluding hydrogens is 272 g/mol. The third-order valence-corrected chi connectivity index (χ3v) is 3.84. The number of aliphatic carboxylic acids is 1. The molecule has 0 aliphatic carbocycles. The predicted octanol–water partition coefficient (Wildman–Crippen LogP) is 6.66.